The number of hydrogen-bond acceptors (Lipinski definition) is 2. The summed E-state index contributed by atoms with van der Waals surface area (Å²) >= 11 is 1.80. The average Bonchev–Trinajstić information content (AvgIpc) is 3.08. The largest absolute Gasteiger partial charge is 0.351 e. The molecule has 2 unspecified atom stereocenters. The van der Waals surface area contributed by atoms with Crippen LogP contribution in [-0.4, -0.2) is 31.0 Å². The maximum atomic E-state index is 4.46. The van der Waals surface area contributed by atoms with Gasteiger partial charge in [0.2, 0.25) is 0 Å². The van der Waals surface area contributed by atoms with Crippen LogP contribution in [0.3, 0.4) is 0 Å². The molecule has 1 aromatic rings. The Hall–Kier alpha value is -1.03. The first-order chi connectivity index (χ1) is 9.36. The van der Waals surface area contributed by atoms with Crippen LogP contribution in [0.25, 0.3) is 0 Å². The first kappa shape index (κ1) is 13.0. The van der Waals surface area contributed by atoms with Crippen molar-refractivity contribution in [2.75, 3.05) is 20.1 Å². The minimum absolute atomic E-state index is 0.899. The highest BCUT2D eigenvalue weighted by Crippen LogP contribution is 2.35. The highest BCUT2D eigenvalue weighted by Gasteiger charge is 2.35. The van der Waals surface area contributed by atoms with Gasteiger partial charge in [-0.15, -0.1) is 11.3 Å². The summed E-state index contributed by atoms with van der Waals surface area (Å²) in [5.41, 5.74) is 0. The third kappa shape index (κ3) is 2.94. The first-order valence-corrected chi connectivity index (χ1v) is 8.23. The van der Waals surface area contributed by atoms with Crippen LogP contribution in [0.2, 0.25) is 0 Å². The van der Waals surface area contributed by atoms with E-state index in [4.69, 9.17) is 0 Å². The van der Waals surface area contributed by atoms with Gasteiger partial charge in [0.1, 0.15) is 0 Å². The second-order valence-electron chi connectivity index (χ2n) is 5.69. The number of guanidine groups is 1. The lowest BCUT2D eigenvalue weighted by molar-refractivity contribution is 0.299. The average molecular weight is 277 g/mol. The zero-order valence-corrected chi connectivity index (χ0v) is 12.5. The molecule has 2 atom stereocenters. The van der Waals surface area contributed by atoms with Crippen LogP contribution in [-0.2, 0) is 6.54 Å². The number of likely N-dealkylation sites (tertiary alicyclic amines) is 1. The van der Waals surface area contributed by atoms with Crippen LogP contribution in [0, 0.1) is 11.8 Å². The van der Waals surface area contributed by atoms with Crippen molar-refractivity contribution >= 4 is 17.3 Å². The van der Waals surface area contributed by atoms with Crippen molar-refractivity contribution in [2.24, 2.45) is 16.8 Å². The Balaban J connectivity index is 1.57. The standard InChI is InChI=1S/C15H23N3S/c1-16-15(17-9-14-7-4-8-19-14)18-10-12-5-2-3-6-13(12)11-18/h4,7-8,12-13H,2-3,5-6,9-11H2,1H3,(H,16,17). The maximum Gasteiger partial charge on any atom is 0.193 e. The molecule has 1 saturated heterocycles. The van der Waals surface area contributed by atoms with Crippen LogP contribution in [0.5, 0.6) is 0 Å². The molecule has 1 aliphatic heterocycles. The van der Waals surface area contributed by atoms with Crippen LogP contribution < -0.4 is 5.32 Å². The Labute approximate surface area is 119 Å². The topological polar surface area (TPSA) is 27.6 Å². The molecule has 0 aromatic carbocycles. The molecule has 0 spiro atoms. The lowest BCUT2D eigenvalue weighted by Gasteiger charge is -2.22. The number of thiophene rings is 1. The molecule has 3 rings (SSSR count). The molecule has 1 aromatic heterocycles. The van der Waals surface area contributed by atoms with Gasteiger partial charge in [-0.25, -0.2) is 0 Å². The van der Waals surface area contributed by atoms with Crippen molar-refractivity contribution in [3.05, 3.63) is 22.4 Å². The minimum Gasteiger partial charge on any atom is -0.351 e. The van der Waals surface area contributed by atoms with Crippen LogP contribution in [0.15, 0.2) is 22.5 Å². The summed E-state index contributed by atoms with van der Waals surface area (Å²) in [5.74, 6) is 2.91. The highest BCUT2D eigenvalue weighted by atomic mass is 32.1. The van der Waals surface area contributed by atoms with Gasteiger partial charge in [0.05, 0.1) is 6.54 Å². The number of hydrogen-bond donors (Lipinski definition) is 1. The summed E-state index contributed by atoms with van der Waals surface area (Å²) < 4.78 is 0. The van der Waals surface area contributed by atoms with E-state index in [2.05, 4.69) is 32.7 Å². The van der Waals surface area contributed by atoms with E-state index in [1.807, 2.05) is 7.05 Å². The lowest BCUT2D eigenvalue weighted by atomic mass is 9.82. The van der Waals surface area contributed by atoms with Gasteiger partial charge in [0.15, 0.2) is 5.96 Å². The fourth-order valence-electron chi connectivity index (χ4n) is 3.49. The number of fused-ring (bicyclic) bond motifs is 1. The molecule has 104 valence electrons. The zero-order valence-electron chi connectivity index (χ0n) is 11.6. The Bertz CT molecular complexity index is 413. The summed E-state index contributed by atoms with van der Waals surface area (Å²) in [5, 5.41) is 5.64. The Morgan fingerprint density at radius 1 is 1.37 bits per heavy atom. The molecular weight excluding hydrogens is 254 g/mol. The quantitative estimate of drug-likeness (QED) is 0.665. The molecule has 1 N–H and O–H groups in total. The monoisotopic (exact) mass is 277 g/mol. The van der Waals surface area contributed by atoms with Crippen molar-refractivity contribution < 1.29 is 0 Å². The third-order valence-corrected chi connectivity index (χ3v) is 5.36. The molecule has 2 aliphatic rings. The fraction of sp³-hybridized carbons (Fsp3) is 0.667. The lowest BCUT2D eigenvalue weighted by Crippen LogP contribution is -2.39. The Kier molecular flexibility index (Phi) is 4.06. The maximum absolute atomic E-state index is 4.46. The van der Waals surface area contributed by atoms with E-state index in [0.29, 0.717) is 0 Å². The number of aliphatic imine (C=N–C) groups is 1. The molecule has 4 heteroatoms. The Morgan fingerprint density at radius 3 is 2.68 bits per heavy atom. The summed E-state index contributed by atoms with van der Waals surface area (Å²) in [6.45, 7) is 3.31. The number of rotatable bonds is 2. The van der Waals surface area contributed by atoms with Crippen molar-refractivity contribution in [1.29, 1.82) is 0 Å². The molecule has 1 saturated carbocycles. The summed E-state index contributed by atoms with van der Waals surface area (Å²) in [6, 6.07) is 4.28. The smallest absolute Gasteiger partial charge is 0.193 e. The van der Waals surface area contributed by atoms with E-state index in [1.165, 1.54) is 43.6 Å². The van der Waals surface area contributed by atoms with Gasteiger partial charge >= 0.3 is 0 Å². The number of nitrogens with one attached hydrogen (secondary N) is 1. The predicted octanol–water partition coefficient (Wildman–Crippen LogP) is 2.95. The normalized spacial score (nSPS) is 27.4. The van der Waals surface area contributed by atoms with Gasteiger partial charge in [-0.05, 0) is 36.1 Å². The molecule has 0 bridgehead atoms. The van der Waals surface area contributed by atoms with E-state index in [1.54, 1.807) is 11.3 Å². The summed E-state index contributed by atoms with van der Waals surface area (Å²) in [4.78, 5) is 8.30. The summed E-state index contributed by atoms with van der Waals surface area (Å²) in [6.07, 6.45) is 5.69. The van der Waals surface area contributed by atoms with Gasteiger partial charge in [-0.1, -0.05) is 18.9 Å². The third-order valence-electron chi connectivity index (χ3n) is 4.49. The van der Waals surface area contributed by atoms with Gasteiger partial charge in [-0.3, -0.25) is 4.99 Å². The van der Waals surface area contributed by atoms with Gasteiger partial charge < -0.3 is 10.2 Å². The highest BCUT2D eigenvalue weighted by molar-refractivity contribution is 7.09. The van der Waals surface area contributed by atoms with Crippen molar-refractivity contribution in [1.82, 2.24) is 10.2 Å². The van der Waals surface area contributed by atoms with Crippen molar-refractivity contribution in [3.8, 4) is 0 Å². The molecule has 0 amide bonds. The molecule has 3 nitrogen and oxygen atoms in total. The van der Waals surface area contributed by atoms with E-state index < -0.39 is 0 Å². The first-order valence-electron chi connectivity index (χ1n) is 7.35. The van der Waals surface area contributed by atoms with Crippen molar-refractivity contribution in [3.63, 3.8) is 0 Å². The second-order valence-corrected chi connectivity index (χ2v) is 6.72. The van der Waals surface area contributed by atoms with Gasteiger partial charge in [-0.2, -0.15) is 0 Å². The van der Waals surface area contributed by atoms with Gasteiger partial charge in [0, 0.05) is 25.0 Å². The second kappa shape index (κ2) is 5.95. The molecule has 0 radical (unpaired) electrons. The molecule has 2 fully saturated rings. The molecule has 1 aliphatic carbocycles. The van der Waals surface area contributed by atoms with E-state index >= 15 is 0 Å². The molecular formula is C15H23N3S. The SMILES string of the molecule is CN=C(NCc1cccs1)N1CC2CCCCC2C1. The van der Waals surface area contributed by atoms with E-state index in [0.717, 1.165) is 24.3 Å². The van der Waals surface area contributed by atoms with Crippen LogP contribution in [0.4, 0.5) is 0 Å². The summed E-state index contributed by atoms with van der Waals surface area (Å²) in [7, 11) is 1.90. The zero-order chi connectivity index (χ0) is 13.1. The van der Waals surface area contributed by atoms with Gasteiger partial charge in [0.25, 0.3) is 0 Å². The van der Waals surface area contributed by atoms with Crippen LogP contribution in [0.1, 0.15) is 30.6 Å². The predicted molar refractivity (Wildman–Crippen MR) is 81.5 cm³/mol. The van der Waals surface area contributed by atoms with Crippen molar-refractivity contribution in [2.45, 2.75) is 32.2 Å². The van der Waals surface area contributed by atoms with E-state index in [-0.39, 0.29) is 0 Å². The molecule has 2 heterocycles. The van der Waals surface area contributed by atoms with E-state index in [9.17, 15) is 0 Å². The Morgan fingerprint density at radius 2 is 2.11 bits per heavy atom. The number of nitrogens with zero attached hydrogens (tertiary/aromatic N) is 2. The fourth-order valence-corrected chi connectivity index (χ4v) is 4.13. The minimum atomic E-state index is 0.899. The van der Waals surface area contributed by atoms with Crippen LogP contribution >= 0.6 is 11.3 Å². The molecule has 19 heavy (non-hydrogen) atoms.